The molecule has 0 bridgehead atoms. The minimum Gasteiger partial charge on any atom is -0.393 e. The molecule has 0 spiro atoms. The van der Waals surface area contributed by atoms with Crippen LogP contribution < -0.4 is 0 Å². The SMILES string of the molecule is C[C@H](O)CCc1cc2ccccc2s1. The highest BCUT2D eigenvalue weighted by Gasteiger charge is 2.02. The molecule has 0 amide bonds. The number of hydrogen-bond acceptors (Lipinski definition) is 2. The van der Waals surface area contributed by atoms with E-state index in [0.717, 1.165) is 12.8 Å². The molecule has 14 heavy (non-hydrogen) atoms. The van der Waals surface area contributed by atoms with Gasteiger partial charge in [-0.3, -0.25) is 0 Å². The van der Waals surface area contributed by atoms with Crippen molar-refractivity contribution in [1.29, 1.82) is 0 Å². The fourth-order valence-corrected chi connectivity index (χ4v) is 2.59. The molecule has 0 fully saturated rings. The van der Waals surface area contributed by atoms with Gasteiger partial charge in [0.05, 0.1) is 6.10 Å². The van der Waals surface area contributed by atoms with Crippen molar-refractivity contribution in [2.24, 2.45) is 0 Å². The third-order valence-corrected chi connectivity index (χ3v) is 3.46. The van der Waals surface area contributed by atoms with E-state index >= 15 is 0 Å². The Morgan fingerprint density at radius 1 is 1.36 bits per heavy atom. The first-order valence-corrected chi connectivity index (χ1v) is 5.73. The van der Waals surface area contributed by atoms with Crippen molar-refractivity contribution in [3.05, 3.63) is 35.2 Å². The molecule has 2 heteroatoms. The van der Waals surface area contributed by atoms with Gasteiger partial charge in [0.15, 0.2) is 0 Å². The number of aryl methyl sites for hydroxylation is 1. The van der Waals surface area contributed by atoms with Crippen LogP contribution in [-0.4, -0.2) is 11.2 Å². The minimum atomic E-state index is -0.194. The van der Waals surface area contributed by atoms with Gasteiger partial charge in [-0.25, -0.2) is 0 Å². The van der Waals surface area contributed by atoms with E-state index in [9.17, 15) is 5.11 Å². The highest BCUT2D eigenvalue weighted by Crippen LogP contribution is 2.26. The van der Waals surface area contributed by atoms with Crippen LogP contribution in [0, 0.1) is 0 Å². The zero-order valence-corrected chi connectivity index (χ0v) is 9.05. The average molecular weight is 206 g/mol. The Kier molecular flexibility index (Phi) is 2.85. The quantitative estimate of drug-likeness (QED) is 0.817. The number of thiophene rings is 1. The lowest BCUT2D eigenvalue weighted by Crippen LogP contribution is -1.99. The molecule has 0 aliphatic rings. The fourth-order valence-electron chi connectivity index (χ4n) is 1.51. The third-order valence-electron chi connectivity index (χ3n) is 2.29. The second-order valence-electron chi connectivity index (χ2n) is 3.64. The Bertz CT molecular complexity index is 384. The average Bonchev–Trinajstić information content (AvgIpc) is 2.57. The Morgan fingerprint density at radius 3 is 2.86 bits per heavy atom. The van der Waals surface area contributed by atoms with Crippen LogP contribution in [-0.2, 0) is 6.42 Å². The van der Waals surface area contributed by atoms with Crippen molar-refractivity contribution >= 4 is 21.4 Å². The van der Waals surface area contributed by atoms with Gasteiger partial charge >= 0.3 is 0 Å². The molecular formula is C12H14OS. The van der Waals surface area contributed by atoms with Crippen LogP contribution in [0.15, 0.2) is 30.3 Å². The van der Waals surface area contributed by atoms with Gasteiger partial charge in [-0.1, -0.05) is 18.2 Å². The molecule has 1 N–H and O–H groups in total. The molecule has 1 atom stereocenters. The van der Waals surface area contributed by atoms with E-state index in [0.29, 0.717) is 0 Å². The van der Waals surface area contributed by atoms with Crippen LogP contribution in [0.3, 0.4) is 0 Å². The summed E-state index contributed by atoms with van der Waals surface area (Å²) in [5, 5.41) is 10.5. The summed E-state index contributed by atoms with van der Waals surface area (Å²) in [6, 6.07) is 10.6. The molecule has 1 heterocycles. The lowest BCUT2D eigenvalue weighted by atomic mass is 10.2. The van der Waals surface area contributed by atoms with Crippen LogP contribution in [0.5, 0.6) is 0 Å². The normalized spacial score (nSPS) is 13.3. The maximum atomic E-state index is 9.19. The van der Waals surface area contributed by atoms with E-state index in [1.807, 2.05) is 18.3 Å². The highest BCUT2D eigenvalue weighted by molar-refractivity contribution is 7.19. The number of aliphatic hydroxyl groups is 1. The molecule has 0 saturated carbocycles. The Balaban J connectivity index is 2.19. The summed E-state index contributed by atoms with van der Waals surface area (Å²) in [6.07, 6.45) is 1.64. The van der Waals surface area contributed by atoms with Gasteiger partial charge in [-0.15, -0.1) is 11.3 Å². The molecule has 1 aromatic heterocycles. The maximum absolute atomic E-state index is 9.19. The smallest absolute Gasteiger partial charge is 0.0515 e. The minimum absolute atomic E-state index is 0.194. The molecule has 1 aromatic carbocycles. The molecule has 0 aliphatic heterocycles. The molecule has 2 rings (SSSR count). The van der Waals surface area contributed by atoms with Gasteiger partial charge in [0.2, 0.25) is 0 Å². The molecule has 0 radical (unpaired) electrons. The highest BCUT2D eigenvalue weighted by atomic mass is 32.1. The molecular weight excluding hydrogens is 192 g/mol. The van der Waals surface area contributed by atoms with Crippen LogP contribution in [0.1, 0.15) is 18.2 Å². The second kappa shape index (κ2) is 4.11. The first-order valence-electron chi connectivity index (χ1n) is 4.91. The topological polar surface area (TPSA) is 20.2 Å². The van der Waals surface area contributed by atoms with E-state index in [4.69, 9.17) is 0 Å². The molecule has 0 saturated heterocycles. The number of aliphatic hydroxyl groups excluding tert-OH is 1. The zero-order chi connectivity index (χ0) is 9.97. The summed E-state index contributed by atoms with van der Waals surface area (Å²) >= 11 is 1.83. The fraction of sp³-hybridized carbons (Fsp3) is 0.333. The monoisotopic (exact) mass is 206 g/mol. The summed E-state index contributed by atoms with van der Waals surface area (Å²) in [6.45, 7) is 1.84. The first-order chi connectivity index (χ1) is 6.75. The molecule has 0 aliphatic carbocycles. The van der Waals surface area contributed by atoms with Crippen LogP contribution >= 0.6 is 11.3 Å². The van der Waals surface area contributed by atoms with E-state index in [1.165, 1.54) is 15.0 Å². The predicted molar refractivity (Wildman–Crippen MR) is 61.8 cm³/mol. The van der Waals surface area contributed by atoms with E-state index in [-0.39, 0.29) is 6.10 Å². The Hall–Kier alpha value is -0.860. The molecule has 0 unspecified atom stereocenters. The van der Waals surface area contributed by atoms with E-state index in [1.54, 1.807) is 0 Å². The van der Waals surface area contributed by atoms with Crippen molar-refractivity contribution in [3.63, 3.8) is 0 Å². The van der Waals surface area contributed by atoms with Crippen LogP contribution in [0.25, 0.3) is 10.1 Å². The van der Waals surface area contributed by atoms with Gasteiger partial charge in [-0.2, -0.15) is 0 Å². The Labute approximate surface area is 88.0 Å². The first kappa shape index (κ1) is 9.69. The van der Waals surface area contributed by atoms with Crippen molar-refractivity contribution < 1.29 is 5.11 Å². The van der Waals surface area contributed by atoms with E-state index in [2.05, 4.69) is 30.3 Å². The number of benzene rings is 1. The Morgan fingerprint density at radius 2 is 2.14 bits per heavy atom. The van der Waals surface area contributed by atoms with Crippen molar-refractivity contribution in [3.8, 4) is 0 Å². The van der Waals surface area contributed by atoms with E-state index < -0.39 is 0 Å². The van der Waals surface area contributed by atoms with Gasteiger partial charge < -0.3 is 5.11 Å². The number of hydrogen-bond donors (Lipinski definition) is 1. The molecule has 2 aromatic rings. The number of rotatable bonds is 3. The summed E-state index contributed by atoms with van der Waals surface area (Å²) in [5.41, 5.74) is 0. The lowest BCUT2D eigenvalue weighted by molar-refractivity contribution is 0.185. The summed E-state index contributed by atoms with van der Waals surface area (Å²) < 4.78 is 1.34. The largest absolute Gasteiger partial charge is 0.393 e. The van der Waals surface area contributed by atoms with Gasteiger partial charge in [0.25, 0.3) is 0 Å². The second-order valence-corrected chi connectivity index (χ2v) is 4.81. The summed E-state index contributed by atoms with van der Waals surface area (Å²) in [7, 11) is 0. The molecule has 1 nitrogen and oxygen atoms in total. The van der Waals surface area contributed by atoms with Crippen molar-refractivity contribution in [1.82, 2.24) is 0 Å². The van der Waals surface area contributed by atoms with Crippen molar-refractivity contribution in [2.45, 2.75) is 25.9 Å². The maximum Gasteiger partial charge on any atom is 0.0515 e. The number of fused-ring (bicyclic) bond motifs is 1. The zero-order valence-electron chi connectivity index (χ0n) is 8.23. The van der Waals surface area contributed by atoms with Gasteiger partial charge in [0.1, 0.15) is 0 Å². The molecule has 74 valence electrons. The van der Waals surface area contributed by atoms with Crippen LogP contribution in [0.2, 0.25) is 0 Å². The van der Waals surface area contributed by atoms with Gasteiger partial charge in [-0.05, 0) is 37.3 Å². The van der Waals surface area contributed by atoms with Crippen LogP contribution in [0.4, 0.5) is 0 Å². The summed E-state index contributed by atoms with van der Waals surface area (Å²) in [4.78, 5) is 1.37. The standard InChI is InChI=1S/C12H14OS/c1-9(13)6-7-11-8-10-4-2-3-5-12(10)14-11/h2-5,8-9,13H,6-7H2,1H3/t9-/m0/s1. The van der Waals surface area contributed by atoms with Crippen molar-refractivity contribution in [2.75, 3.05) is 0 Å². The summed E-state index contributed by atoms with van der Waals surface area (Å²) in [5.74, 6) is 0. The predicted octanol–water partition coefficient (Wildman–Crippen LogP) is 3.21. The third kappa shape index (κ3) is 2.14. The van der Waals surface area contributed by atoms with Gasteiger partial charge in [0, 0.05) is 9.58 Å². The lowest BCUT2D eigenvalue weighted by Gasteiger charge is -2.00.